The second kappa shape index (κ2) is 21.3. The molecule has 2 saturated heterocycles. The van der Waals surface area contributed by atoms with Crippen molar-refractivity contribution in [3.63, 3.8) is 0 Å². The fourth-order valence-electron chi connectivity index (χ4n) is 5.70. The Morgan fingerprint density at radius 1 is 0.667 bits per heavy atom. The van der Waals surface area contributed by atoms with E-state index in [-0.39, 0.29) is 34.5 Å². The van der Waals surface area contributed by atoms with Crippen molar-refractivity contribution in [1.82, 2.24) is 9.80 Å². The first kappa shape index (κ1) is 49.5. The molecule has 14 nitrogen and oxygen atoms in total. The minimum atomic E-state index is -1.06. The van der Waals surface area contributed by atoms with Gasteiger partial charge in [-0.1, -0.05) is 58.6 Å². The van der Waals surface area contributed by atoms with Crippen LogP contribution in [0.2, 0.25) is 10.0 Å². The number of phenolic OH excluding ortho intramolecular Hbond substituents is 2. The standard InChI is InChI=1S/C40H50Cl2N2O12S4/c1-21(31(47)43-27(35(49)53-19-55-37(51)39(3,4)5)17-57-33(43)25-13-23(41)9-11-29(25)45)15-59-60-16-22(2)32(48)44-28(36(50)54-20-56-38(52)40(6,7)8)18-58-34(44)26-14-24(42)10-12-30(26)46/h9-14,21-22,27-28,33-34,45-46H,15-20H2,1-8H3/t21-,22-,27+,28+,33?,34?/m1/s1. The molecule has 0 radical (unpaired) electrons. The van der Waals surface area contributed by atoms with E-state index in [0.29, 0.717) is 21.2 Å². The topological polar surface area (TPSA) is 186 Å². The molecule has 2 aromatic carbocycles. The maximum atomic E-state index is 14.2. The fraction of sp³-hybridized carbons (Fsp3) is 0.550. The molecule has 0 spiro atoms. The smallest absolute Gasteiger partial charge is 0.332 e. The Morgan fingerprint density at radius 3 is 1.35 bits per heavy atom. The number of halogens is 2. The summed E-state index contributed by atoms with van der Waals surface area (Å²) in [6.45, 7) is 12.1. The first-order valence-electron chi connectivity index (χ1n) is 18.8. The molecule has 0 bridgehead atoms. The van der Waals surface area contributed by atoms with Crippen LogP contribution < -0.4 is 0 Å². The van der Waals surface area contributed by atoms with Gasteiger partial charge in [0.25, 0.3) is 0 Å². The van der Waals surface area contributed by atoms with Gasteiger partial charge >= 0.3 is 23.9 Å². The van der Waals surface area contributed by atoms with Gasteiger partial charge in [-0.15, -0.1) is 23.5 Å². The zero-order chi connectivity index (χ0) is 44.7. The van der Waals surface area contributed by atoms with Crippen LogP contribution in [-0.4, -0.2) is 104 Å². The van der Waals surface area contributed by atoms with E-state index in [1.807, 2.05) is 0 Å². The minimum absolute atomic E-state index is 0.109. The van der Waals surface area contributed by atoms with Gasteiger partial charge in [0.05, 0.1) is 10.8 Å². The molecule has 2 N–H and O–H groups in total. The number of thioether (sulfide) groups is 2. The van der Waals surface area contributed by atoms with E-state index < -0.39 is 94.8 Å². The molecule has 0 aliphatic carbocycles. The van der Waals surface area contributed by atoms with Crippen LogP contribution in [0.3, 0.4) is 0 Å². The maximum absolute atomic E-state index is 14.2. The first-order chi connectivity index (χ1) is 28.0. The summed E-state index contributed by atoms with van der Waals surface area (Å²) < 4.78 is 20.8. The summed E-state index contributed by atoms with van der Waals surface area (Å²) in [5.41, 5.74) is -0.953. The van der Waals surface area contributed by atoms with Crippen LogP contribution >= 0.6 is 68.3 Å². The Bertz CT molecular complexity index is 1790. The summed E-state index contributed by atoms with van der Waals surface area (Å²) in [6.07, 6.45) is 0. The molecule has 2 heterocycles. The van der Waals surface area contributed by atoms with Crippen molar-refractivity contribution in [3.05, 3.63) is 57.6 Å². The van der Waals surface area contributed by atoms with Crippen LogP contribution in [0.5, 0.6) is 11.5 Å². The van der Waals surface area contributed by atoms with Gasteiger partial charge < -0.3 is 39.0 Å². The van der Waals surface area contributed by atoms with E-state index in [2.05, 4.69) is 0 Å². The van der Waals surface area contributed by atoms with Crippen molar-refractivity contribution in [2.45, 2.75) is 78.2 Å². The summed E-state index contributed by atoms with van der Waals surface area (Å²) in [5, 5.41) is 20.6. The third kappa shape index (κ3) is 12.7. The van der Waals surface area contributed by atoms with E-state index in [4.69, 9.17) is 42.1 Å². The van der Waals surface area contributed by atoms with E-state index in [1.54, 1.807) is 55.4 Å². The molecule has 0 saturated carbocycles. The molecular formula is C40H50Cl2N2O12S4. The highest BCUT2D eigenvalue weighted by Crippen LogP contribution is 2.48. The van der Waals surface area contributed by atoms with Crippen molar-refractivity contribution < 1.29 is 57.9 Å². The van der Waals surface area contributed by atoms with Gasteiger partial charge in [-0.25, -0.2) is 9.59 Å². The number of ether oxygens (including phenoxy) is 4. The van der Waals surface area contributed by atoms with E-state index >= 15 is 0 Å². The van der Waals surface area contributed by atoms with Crippen LogP contribution in [0, 0.1) is 22.7 Å². The summed E-state index contributed by atoms with van der Waals surface area (Å²) in [4.78, 5) is 82.2. The first-order valence-corrected chi connectivity index (χ1v) is 24.1. The van der Waals surface area contributed by atoms with Crippen LogP contribution in [0.4, 0.5) is 0 Å². The summed E-state index contributed by atoms with van der Waals surface area (Å²) in [7, 11) is 2.67. The quantitative estimate of drug-likeness (QED) is 0.0761. The van der Waals surface area contributed by atoms with E-state index in [0.717, 1.165) is 0 Å². The van der Waals surface area contributed by atoms with Crippen molar-refractivity contribution in [3.8, 4) is 11.5 Å². The van der Waals surface area contributed by atoms with Crippen molar-refractivity contribution in [2.24, 2.45) is 22.7 Å². The largest absolute Gasteiger partial charge is 0.508 e. The second-order valence-electron chi connectivity index (χ2n) is 16.2. The molecule has 2 aliphatic heterocycles. The summed E-state index contributed by atoms with van der Waals surface area (Å²) in [5.74, 6) is -4.19. The molecule has 2 fully saturated rings. The molecule has 6 atom stereocenters. The number of aromatic hydroxyl groups is 2. The molecule has 2 aliphatic rings. The Balaban J connectivity index is 1.43. The number of carbonyl (C=O) groups is 6. The lowest BCUT2D eigenvalue weighted by Crippen LogP contribution is -2.46. The van der Waals surface area contributed by atoms with Crippen molar-refractivity contribution in [1.29, 1.82) is 0 Å². The van der Waals surface area contributed by atoms with Gasteiger partial charge in [-0.3, -0.25) is 19.2 Å². The average Bonchev–Trinajstić information content (AvgIpc) is 3.82. The number of hydrogen-bond donors (Lipinski definition) is 2. The van der Waals surface area contributed by atoms with Crippen LogP contribution in [0.25, 0.3) is 0 Å². The van der Waals surface area contributed by atoms with Gasteiger partial charge in [-0.05, 0) is 77.9 Å². The monoisotopic (exact) mass is 948 g/mol. The highest BCUT2D eigenvalue weighted by Gasteiger charge is 2.47. The zero-order valence-corrected chi connectivity index (χ0v) is 39.2. The summed E-state index contributed by atoms with van der Waals surface area (Å²) in [6, 6.07) is 6.77. The average molecular weight is 950 g/mol. The minimum Gasteiger partial charge on any atom is -0.508 e. The number of hydrogen-bond acceptors (Lipinski definition) is 16. The molecule has 0 aromatic heterocycles. The van der Waals surface area contributed by atoms with Gasteiger partial charge in [0.2, 0.25) is 25.4 Å². The second-order valence-corrected chi connectivity index (χ2v) is 21.8. The zero-order valence-electron chi connectivity index (χ0n) is 34.4. The lowest BCUT2D eigenvalue weighted by Gasteiger charge is -2.31. The van der Waals surface area contributed by atoms with E-state index in [9.17, 15) is 39.0 Å². The third-order valence-corrected chi connectivity index (χ3v) is 15.0. The number of phenols is 2. The number of esters is 4. The number of nitrogens with zero attached hydrogens (tertiary/aromatic N) is 2. The Kier molecular flexibility index (Phi) is 17.6. The Morgan fingerprint density at radius 2 is 1.02 bits per heavy atom. The molecule has 2 unspecified atom stereocenters. The molecule has 4 rings (SSSR count). The lowest BCUT2D eigenvalue weighted by atomic mass is 9.97. The Labute approximate surface area is 376 Å². The van der Waals surface area contributed by atoms with Crippen LogP contribution in [-0.2, 0) is 47.7 Å². The fourth-order valence-corrected chi connectivity index (χ4v) is 11.6. The highest BCUT2D eigenvalue weighted by molar-refractivity contribution is 8.76. The molecule has 2 aromatic rings. The predicted octanol–water partition coefficient (Wildman–Crippen LogP) is 7.82. The van der Waals surface area contributed by atoms with Crippen LogP contribution in [0.15, 0.2) is 36.4 Å². The normalized spacial score (nSPS) is 20.3. The van der Waals surface area contributed by atoms with Crippen molar-refractivity contribution in [2.75, 3.05) is 36.6 Å². The number of benzene rings is 2. The third-order valence-electron chi connectivity index (χ3n) is 9.13. The van der Waals surface area contributed by atoms with E-state index in [1.165, 1.54) is 91.3 Å². The van der Waals surface area contributed by atoms with Gasteiger partial charge in [0.1, 0.15) is 34.3 Å². The highest BCUT2D eigenvalue weighted by atomic mass is 35.5. The number of rotatable bonds is 15. The number of carbonyl (C=O) groups excluding carboxylic acids is 6. The number of amides is 2. The van der Waals surface area contributed by atoms with Gasteiger partial charge in [0.15, 0.2) is 0 Å². The Hall–Kier alpha value is -3.16. The van der Waals surface area contributed by atoms with Gasteiger partial charge in [0, 0.05) is 56.0 Å². The molecule has 2 amide bonds. The molecule has 330 valence electrons. The maximum Gasteiger partial charge on any atom is 0.332 e. The molecule has 60 heavy (non-hydrogen) atoms. The van der Waals surface area contributed by atoms with Crippen molar-refractivity contribution >= 4 is 104 Å². The molecular weight excluding hydrogens is 900 g/mol. The SMILES string of the molecule is C[C@H](CSSC[C@@H](C)C(=O)N1C(c2cc(Cl)ccc2O)SC[C@H]1C(=O)OCOC(=O)C(C)(C)C)C(=O)N1C(c2cc(Cl)ccc2O)SC[C@H]1C(=O)OCOC(=O)C(C)(C)C. The lowest BCUT2D eigenvalue weighted by molar-refractivity contribution is -0.178. The van der Waals surface area contributed by atoms with Gasteiger partial charge in [-0.2, -0.15) is 0 Å². The predicted molar refractivity (Wildman–Crippen MR) is 234 cm³/mol. The summed E-state index contributed by atoms with van der Waals surface area (Å²) >= 11 is 15.0. The molecule has 20 heteroatoms. The van der Waals surface area contributed by atoms with Crippen LogP contribution in [0.1, 0.15) is 77.3 Å².